The van der Waals surface area contributed by atoms with Crippen LogP contribution in [0.5, 0.6) is 0 Å². The zero-order valence-electron chi connectivity index (χ0n) is 14.5. The fourth-order valence-electron chi connectivity index (χ4n) is 3.25. The standard InChI is InChI=1S/C20H15N7/c1-12-18(21)23-25-20-16-15(13-8-4-2-5-9-13)17(14-10-6-3-7-11-14)22-24-19(16)26-27(12)20/h2-11H,21H2,1H3. The predicted octanol–water partition coefficient (Wildman–Crippen LogP) is 3.29. The second-order valence-corrected chi connectivity index (χ2v) is 6.26. The molecule has 130 valence electrons. The second-order valence-electron chi connectivity index (χ2n) is 6.26. The lowest BCUT2D eigenvalue weighted by Gasteiger charge is -2.09. The van der Waals surface area contributed by atoms with Crippen LogP contribution in [0.2, 0.25) is 0 Å². The molecule has 3 aromatic heterocycles. The third-order valence-electron chi connectivity index (χ3n) is 4.62. The van der Waals surface area contributed by atoms with Crippen molar-refractivity contribution in [3.63, 3.8) is 0 Å². The lowest BCUT2D eigenvalue weighted by Crippen LogP contribution is -2.04. The van der Waals surface area contributed by atoms with Crippen molar-refractivity contribution in [1.82, 2.24) is 30.0 Å². The molecule has 5 rings (SSSR count). The summed E-state index contributed by atoms with van der Waals surface area (Å²) in [6.45, 7) is 1.86. The van der Waals surface area contributed by atoms with Gasteiger partial charge in [-0.25, -0.2) is 4.52 Å². The average Bonchev–Trinajstić information content (AvgIpc) is 3.11. The predicted molar refractivity (Wildman–Crippen MR) is 104 cm³/mol. The molecular weight excluding hydrogens is 338 g/mol. The molecule has 3 heterocycles. The summed E-state index contributed by atoms with van der Waals surface area (Å²) in [7, 11) is 0. The smallest absolute Gasteiger partial charge is 0.206 e. The summed E-state index contributed by atoms with van der Waals surface area (Å²) in [5.74, 6) is 0.341. The summed E-state index contributed by atoms with van der Waals surface area (Å²) in [6, 6.07) is 20.0. The van der Waals surface area contributed by atoms with Crippen LogP contribution in [0, 0.1) is 6.92 Å². The molecule has 0 radical (unpaired) electrons. The quantitative estimate of drug-likeness (QED) is 0.523. The summed E-state index contributed by atoms with van der Waals surface area (Å²) in [6.07, 6.45) is 0. The van der Waals surface area contributed by atoms with Crippen LogP contribution in [0.15, 0.2) is 60.7 Å². The van der Waals surface area contributed by atoms with Gasteiger partial charge < -0.3 is 5.73 Å². The van der Waals surface area contributed by atoms with Gasteiger partial charge >= 0.3 is 0 Å². The molecule has 0 aliphatic carbocycles. The Morgan fingerprint density at radius 3 is 2.15 bits per heavy atom. The summed E-state index contributed by atoms with van der Waals surface area (Å²) < 4.78 is 1.68. The molecule has 0 amide bonds. The molecule has 0 bridgehead atoms. The summed E-state index contributed by atoms with van der Waals surface area (Å²) in [5.41, 5.74) is 11.5. The third-order valence-corrected chi connectivity index (χ3v) is 4.62. The maximum absolute atomic E-state index is 5.91. The zero-order valence-corrected chi connectivity index (χ0v) is 14.5. The highest BCUT2D eigenvalue weighted by molar-refractivity contribution is 6.06. The fraction of sp³-hybridized carbons (Fsp3) is 0.0500. The van der Waals surface area contributed by atoms with E-state index in [2.05, 4.69) is 25.5 Å². The number of hydrogen-bond donors (Lipinski definition) is 1. The first-order valence-corrected chi connectivity index (χ1v) is 8.53. The van der Waals surface area contributed by atoms with Gasteiger partial charge in [0, 0.05) is 11.1 Å². The highest BCUT2D eigenvalue weighted by atomic mass is 15.3. The van der Waals surface area contributed by atoms with Gasteiger partial charge in [0.1, 0.15) is 5.69 Å². The molecule has 0 aliphatic heterocycles. The maximum Gasteiger partial charge on any atom is 0.206 e. The first-order chi connectivity index (χ1) is 13.2. The Hall–Kier alpha value is -3.87. The van der Waals surface area contributed by atoms with E-state index in [-0.39, 0.29) is 0 Å². The lowest BCUT2D eigenvalue weighted by atomic mass is 9.97. The first kappa shape index (κ1) is 15.4. The molecule has 27 heavy (non-hydrogen) atoms. The number of aromatic nitrogens is 6. The maximum atomic E-state index is 5.91. The van der Waals surface area contributed by atoms with Gasteiger partial charge in [0.25, 0.3) is 0 Å². The molecule has 2 aromatic carbocycles. The highest BCUT2D eigenvalue weighted by Gasteiger charge is 2.21. The molecule has 0 spiro atoms. The van der Waals surface area contributed by atoms with Crippen LogP contribution in [-0.2, 0) is 0 Å². The van der Waals surface area contributed by atoms with Crippen LogP contribution in [0.1, 0.15) is 5.69 Å². The highest BCUT2D eigenvalue weighted by Crippen LogP contribution is 2.37. The monoisotopic (exact) mass is 353 g/mol. The van der Waals surface area contributed by atoms with Gasteiger partial charge in [-0.3, -0.25) is 0 Å². The molecule has 0 saturated heterocycles. The summed E-state index contributed by atoms with van der Waals surface area (Å²) in [4.78, 5) is 0. The van der Waals surface area contributed by atoms with E-state index in [9.17, 15) is 0 Å². The van der Waals surface area contributed by atoms with Gasteiger partial charge in [-0.1, -0.05) is 60.7 Å². The Morgan fingerprint density at radius 1 is 0.778 bits per heavy atom. The van der Waals surface area contributed by atoms with Crippen molar-refractivity contribution in [2.45, 2.75) is 6.92 Å². The van der Waals surface area contributed by atoms with Crippen molar-refractivity contribution in [3.05, 3.63) is 66.4 Å². The number of anilines is 1. The Bertz CT molecular complexity index is 1280. The normalized spacial score (nSPS) is 11.3. The van der Waals surface area contributed by atoms with Crippen molar-refractivity contribution in [1.29, 1.82) is 0 Å². The Labute approximate surface area is 154 Å². The molecule has 7 nitrogen and oxygen atoms in total. The van der Waals surface area contributed by atoms with E-state index >= 15 is 0 Å². The Balaban J connectivity index is 1.97. The van der Waals surface area contributed by atoms with Crippen LogP contribution in [0.3, 0.4) is 0 Å². The molecule has 0 aliphatic rings. The van der Waals surface area contributed by atoms with E-state index in [0.29, 0.717) is 17.1 Å². The number of fused-ring (bicyclic) bond motifs is 3. The largest absolute Gasteiger partial charge is 0.381 e. The minimum atomic E-state index is 0.341. The second kappa shape index (κ2) is 5.84. The van der Waals surface area contributed by atoms with Crippen LogP contribution in [0.4, 0.5) is 5.82 Å². The van der Waals surface area contributed by atoms with Gasteiger partial charge in [-0.05, 0) is 12.5 Å². The number of hydrogen-bond acceptors (Lipinski definition) is 6. The van der Waals surface area contributed by atoms with E-state index in [1.54, 1.807) is 4.52 Å². The SMILES string of the molecule is Cc1c(N)nnc2c3c(-c4ccccc4)c(-c4ccccc4)nnc3nn12. The average molecular weight is 353 g/mol. The van der Waals surface area contributed by atoms with E-state index in [4.69, 9.17) is 5.73 Å². The van der Waals surface area contributed by atoms with Gasteiger partial charge in [-0.15, -0.1) is 25.5 Å². The van der Waals surface area contributed by atoms with Crippen molar-refractivity contribution in [2.75, 3.05) is 5.73 Å². The van der Waals surface area contributed by atoms with Gasteiger partial charge in [0.15, 0.2) is 11.5 Å². The molecule has 2 N–H and O–H groups in total. The number of nitrogens with two attached hydrogens (primary N) is 1. The number of aryl methyl sites for hydroxylation is 1. The van der Waals surface area contributed by atoms with Crippen LogP contribution >= 0.6 is 0 Å². The zero-order chi connectivity index (χ0) is 18.4. The molecule has 7 heteroatoms. The van der Waals surface area contributed by atoms with Crippen molar-refractivity contribution >= 4 is 22.5 Å². The van der Waals surface area contributed by atoms with Crippen molar-refractivity contribution < 1.29 is 0 Å². The fourth-order valence-corrected chi connectivity index (χ4v) is 3.25. The topological polar surface area (TPSA) is 94.9 Å². The van der Waals surface area contributed by atoms with E-state index in [1.165, 1.54) is 0 Å². The Kier molecular flexibility index (Phi) is 3.33. The number of nitrogens with zero attached hydrogens (tertiary/aromatic N) is 6. The molecule has 0 saturated carbocycles. The van der Waals surface area contributed by atoms with Crippen molar-refractivity contribution in [3.8, 4) is 22.4 Å². The number of nitrogen functional groups attached to an aromatic ring is 1. The van der Waals surface area contributed by atoms with Gasteiger partial charge in [0.05, 0.1) is 11.1 Å². The van der Waals surface area contributed by atoms with E-state index in [1.807, 2.05) is 67.6 Å². The van der Waals surface area contributed by atoms with Gasteiger partial charge in [-0.2, -0.15) is 0 Å². The molecule has 0 unspecified atom stereocenters. The third kappa shape index (κ3) is 2.32. The van der Waals surface area contributed by atoms with Crippen LogP contribution in [0.25, 0.3) is 39.1 Å². The molecule has 5 aromatic rings. The van der Waals surface area contributed by atoms with Crippen molar-refractivity contribution in [2.24, 2.45) is 0 Å². The lowest BCUT2D eigenvalue weighted by molar-refractivity contribution is 0.860. The first-order valence-electron chi connectivity index (χ1n) is 8.53. The van der Waals surface area contributed by atoms with E-state index < -0.39 is 0 Å². The Morgan fingerprint density at radius 2 is 1.44 bits per heavy atom. The van der Waals surface area contributed by atoms with Gasteiger partial charge in [0.2, 0.25) is 5.65 Å². The minimum Gasteiger partial charge on any atom is -0.381 e. The molecule has 0 atom stereocenters. The number of rotatable bonds is 2. The molecular formula is C20H15N7. The van der Waals surface area contributed by atoms with E-state index in [0.717, 1.165) is 33.5 Å². The number of benzene rings is 2. The van der Waals surface area contributed by atoms with Crippen LogP contribution < -0.4 is 5.73 Å². The molecule has 0 fully saturated rings. The van der Waals surface area contributed by atoms with Crippen LogP contribution in [-0.4, -0.2) is 30.0 Å². The summed E-state index contributed by atoms with van der Waals surface area (Å²) >= 11 is 0. The summed E-state index contributed by atoms with van der Waals surface area (Å²) in [5, 5.41) is 22.6. The minimum absolute atomic E-state index is 0.341.